The Bertz CT molecular complexity index is 591. The van der Waals surface area contributed by atoms with E-state index in [4.69, 9.17) is 0 Å². The van der Waals surface area contributed by atoms with Gasteiger partial charge >= 0.3 is 18.9 Å². The van der Waals surface area contributed by atoms with Crippen LogP contribution in [0, 0.1) is 0 Å². The molecule has 0 bridgehead atoms. The van der Waals surface area contributed by atoms with Crippen molar-refractivity contribution in [2.75, 3.05) is 0 Å². The molecule has 0 radical (unpaired) electrons. The van der Waals surface area contributed by atoms with Gasteiger partial charge in [-0.1, -0.05) is 56.3 Å². The predicted octanol–water partition coefficient (Wildman–Crippen LogP) is 0.659. The van der Waals surface area contributed by atoms with Gasteiger partial charge in [0.1, 0.15) is 0 Å². The van der Waals surface area contributed by atoms with Crippen molar-refractivity contribution < 1.29 is 25.1 Å². The van der Waals surface area contributed by atoms with E-state index in [1.54, 1.807) is 0 Å². The Hall–Kier alpha value is -0.863. The van der Waals surface area contributed by atoms with Crippen LogP contribution in [0.1, 0.15) is 42.3 Å². The SMILES string of the molecule is CCc1cccc(CC)c1C(=O)c1ccccc1P.[H-].[Li+]. The van der Waals surface area contributed by atoms with Crippen LogP contribution in [0.5, 0.6) is 0 Å². The maximum atomic E-state index is 12.8. The molecule has 100 valence electrons. The van der Waals surface area contributed by atoms with Crippen LogP contribution >= 0.6 is 9.24 Å². The fourth-order valence-corrected chi connectivity index (χ4v) is 2.71. The van der Waals surface area contributed by atoms with E-state index in [1.165, 1.54) is 0 Å². The van der Waals surface area contributed by atoms with E-state index < -0.39 is 0 Å². The van der Waals surface area contributed by atoms with Crippen LogP contribution < -0.4 is 24.2 Å². The molecule has 0 saturated heterocycles. The fourth-order valence-electron chi connectivity index (χ4n) is 2.37. The van der Waals surface area contributed by atoms with Crippen molar-refractivity contribution in [1.82, 2.24) is 0 Å². The van der Waals surface area contributed by atoms with E-state index in [1.807, 2.05) is 30.3 Å². The summed E-state index contributed by atoms with van der Waals surface area (Å²) in [6.45, 7) is 4.19. The number of aryl methyl sites for hydroxylation is 2. The van der Waals surface area contributed by atoms with Gasteiger partial charge in [-0.15, -0.1) is 9.24 Å². The van der Waals surface area contributed by atoms with Gasteiger partial charge in [0.25, 0.3) is 0 Å². The largest absolute Gasteiger partial charge is 1.00 e. The first-order valence-corrected chi connectivity index (χ1v) is 7.26. The molecule has 0 N–H and O–H groups in total. The topological polar surface area (TPSA) is 17.1 Å². The minimum atomic E-state index is 0. The van der Waals surface area contributed by atoms with Crippen molar-refractivity contribution in [3.63, 3.8) is 0 Å². The van der Waals surface area contributed by atoms with Gasteiger partial charge in [-0.3, -0.25) is 4.79 Å². The maximum Gasteiger partial charge on any atom is 1.00 e. The zero-order chi connectivity index (χ0) is 13.8. The Morgan fingerprint density at radius 1 is 1.00 bits per heavy atom. The number of carbonyl (C=O) groups excluding carboxylic acids is 1. The number of hydrogen-bond donors (Lipinski definition) is 0. The standard InChI is InChI=1S/C17H19OP.Li.H/c1-3-12-8-7-9-13(4-2)16(12)17(18)14-10-5-6-11-15(14)19;;/h5-11H,3-4,19H2,1-2H3;;/q;+1;-1. The molecule has 0 aliphatic heterocycles. The van der Waals surface area contributed by atoms with Gasteiger partial charge in [0.15, 0.2) is 5.78 Å². The Kier molecular flexibility index (Phi) is 6.70. The van der Waals surface area contributed by atoms with E-state index in [-0.39, 0.29) is 26.1 Å². The van der Waals surface area contributed by atoms with Gasteiger partial charge in [0, 0.05) is 11.1 Å². The summed E-state index contributed by atoms with van der Waals surface area (Å²) in [5.74, 6) is 0.139. The number of ketones is 1. The summed E-state index contributed by atoms with van der Waals surface area (Å²) in [6, 6.07) is 13.9. The number of hydrogen-bond acceptors (Lipinski definition) is 1. The van der Waals surface area contributed by atoms with Crippen molar-refractivity contribution in [1.29, 1.82) is 0 Å². The molecule has 2 rings (SSSR count). The second-order valence-corrected chi connectivity index (χ2v) is 5.20. The molecule has 1 nitrogen and oxygen atoms in total. The molecule has 2 aromatic carbocycles. The molecule has 3 heteroatoms. The van der Waals surface area contributed by atoms with E-state index >= 15 is 0 Å². The second kappa shape index (κ2) is 7.80. The van der Waals surface area contributed by atoms with Crippen molar-refractivity contribution in [3.8, 4) is 0 Å². The molecule has 0 aliphatic carbocycles. The van der Waals surface area contributed by atoms with Gasteiger partial charge in [0.05, 0.1) is 0 Å². The fraction of sp³-hybridized carbons (Fsp3) is 0.235. The molecule has 1 atom stereocenters. The van der Waals surface area contributed by atoms with E-state index in [9.17, 15) is 4.79 Å². The van der Waals surface area contributed by atoms with Gasteiger partial charge in [-0.25, -0.2) is 0 Å². The van der Waals surface area contributed by atoms with Crippen LogP contribution in [0.4, 0.5) is 0 Å². The van der Waals surface area contributed by atoms with Gasteiger partial charge in [-0.2, -0.15) is 0 Å². The maximum absolute atomic E-state index is 12.8. The zero-order valence-electron chi connectivity index (χ0n) is 13.4. The van der Waals surface area contributed by atoms with Crippen LogP contribution in [-0.2, 0) is 12.8 Å². The summed E-state index contributed by atoms with van der Waals surface area (Å²) in [5, 5.41) is 0.959. The first kappa shape index (κ1) is 17.2. The first-order valence-electron chi connectivity index (χ1n) is 6.69. The summed E-state index contributed by atoms with van der Waals surface area (Å²) in [6.07, 6.45) is 1.77. The Balaban J connectivity index is 0.00000200. The Labute approximate surface area is 137 Å². The molecule has 0 aromatic heterocycles. The quantitative estimate of drug-likeness (QED) is 0.456. The average molecular weight is 278 g/mol. The average Bonchev–Trinajstić information content (AvgIpc) is 2.46. The molecule has 0 fully saturated rings. The molecule has 20 heavy (non-hydrogen) atoms. The minimum Gasteiger partial charge on any atom is -1.00 e. The minimum absolute atomic E-state index is 0. The van der Waals surface area contributed by atoms with Crippen LogP contribution in [0.25, 0.3) is 0 Å². The van der Waals surface area contributed by atoms with Crippen molar-refractivity contribution >= 4 is 20.3 Å². The van der Waals surface area contributed by atoms with Crippen molar-refractivity contribution in [2.45, 2.75) is 26.7 Å². The molecule has 1 unspecified atom stereocenters. The Morgan fingerprint density at radius 2 is 1.55 bits per heavy atom. The van der Waals surface area contributed by atoms with E-state index in [0.29, 0.717) is 0 Å². The summed E-state index contributed by atoms with van der Waals surface area (Å²) in [4.78, 5) is 12.8. The predicted molar refractivity (Wildman–Crippen MR) is 85.5 cm³/mol. The van der Waals surface area contributed by atoms with Crippen LogP contribution in [0.2, 0.25) is 0 Å². The van der Waals surface area contributed by atoms with Crippen LogP contribution in [0.3, 0.4) is 0 Å². The number of carbonyl (C=O) groups is 1. The molecule has 0 aliphatic rings. The molecule has 2 aromatic rings. The second-order valence-electron chi connectivity index (χ2n) is 4.57. The summed E-state index contributed by atoms with van der Waals surface area (Å²) >= 11 is 0. The van der Waals surface area contributed by atoms with Gasteiger partial charge < -0.3 is 1.43 Å². The third-order valence-corrected chi connectivity index (χ3v) is 3.93. The van der Waals surface area contributed by atoms with Crippen molar-refractivity contribution in [2.24, 2.45) is 0 Å². The third-order valence-electron chi connectivity index (χ3n) is 3.43. The van der Waals surface area contributed by atoms with E-state index in [2.05, 4.69) is 35.2 Å². The molecule has 0 saturated carbocycles. The molecule has 0 heterocycles. The summed E-state index contributed by atoms with van der Waals surface area (Å²) < 4.78 is 0. The molecular formula is C17H20LiOP. The van der Waals surface area contributed by atoms with Gasteiger partial charge in [-0.05, 0) is 29.3 Å². The third kappa shape index (κ3) is 3.42. The van der Waals surface area contributed by atoms with Crippen molar-refractivity contribution in [3.05, 3.63) is 64.7 Å². The first-order chi connectivity index (χ1) is 9.19. The number of benzene rings is 2. The zero-order valence-corrected chi connectivity index (χ0v) is 13.6. The van der Waals surface area contributed by atoms with E-state index in [0.717, 1.165) is 40.4 Å². The molecule has 0 amide bonds. The molecular weight excluding hydrogens is 258 g/mol. The monoisotopic (exact) mass is 278 g/mol. The normalized spacial score (nSPS) is 9.95. The summed E-state index contributed by atoms with van der Waals surface area (Å²) in [7, 11) is 2.65. The smallest absolute Gasteiger partial charge is 1.00 e. The molecule has 0 spiro atoms. The van der Waals surface area contributed by atoms with Crippen LogP contribution in [-0.4, -0.2) is 5.78 Å². The van der Waals surface area contributed by atoms with Gasteiger partial charge in [0.2, 0.25) is 0 Å². The Morgan fingerprint density at radius 3 is 2.05 bits per heavy atom. The summed E-state index contributed by atoms with van der Waals surface area (Å²) in [5.41, 5.74) is 3.95. The van der Waals surface area contributed by atoms with Crippen LogP contribution in [0.15, 0.2) is 42.5 Å². The number of rotatable bonds is 4.